The molecule has 0 saturated carbocycles. The van der Waals surface area contributed by atoms with Gasteiger partial charge in [-0.2, -0.15) is 0 Å². The number of thiophene rings is 1. The summed E-state index contributed by atoms with van der Waals surface area (Å²) in [6.45, 7) is 9.46. The van der Waals surface area contributed by atoms with Crippen molar-refractivity contribution in [3.8, 4) is 0 Å². The zero-order chi connectivity index (χ0) is 12.2. The summed E-state index contributed by atoms with van der Waals surface area (Å²) in [5.74, 6) is 0. The quantitative estimate of drug-likeness (QED) is 0.824. The molecule has 0 aromatic carbocycles. The van der Waals surface area contributed by atoms with E-state index < -0.39 is 0 Å². The zero-order valence-electron chi connectivity index (χ0n) is 11.0. The van der Waals surface area contributed by atoms with Gasteiger partial charge in [0.25, 0.3) is 0 Å². The smallest absolute Gasteiger partial charge is 0.0746 e. The van der Waals surface area contributed by atoms with Crippen LogP contribution in [0.15, 0.2) is 12.1 Å². The molecule has 0 aliphatic rings. The third kappa shape index (κ3) is 3.89. The lowest BCUT2D eigenvalue weighted by Gasteiger charge is -2.25. The van der Waals surface area contributed by atoms with Crippen LogP contribution in [0, 0.1) is 0 Å². The Balaban J connectivity index is 2.49. The predicted octanol–water partition coefficient (Wildman–Crippen LogP) is 3.39. The van der Waals surface area contributed by atoms with E-state index in [2.05, 4.69) is 45.1 Å². The summed E-state index contributed by atoms with van der Waals surface area (Å²) in [6.07, 6.45) is 1.13. The molecule has 0 saturated heterocycles. The highest BCUT2D eigenvalue weighted by Gasteiger charge is 2.18. The van der Waals surface area contributed by atoms with Crippen LogP contribution in [0.25, 0.3) is 0 Å². The molecule has 1 aromatic rings. The number of hydrogen-bond donors (Lipinski definition) is 1. The van der Waals surface area contributed by atoms with Crippen LogP contribution < -0.4 is 5.32 Å². The van der Waals surface area contributed by atoms with Crippen molar-refractivity contribution in [1.82, 2.24) is 5.32 Å². The number of hydrogen-bond acceptors (Lipinski definition) is 3. The first-order valence-electron chi connectivity index (χ1n) is 5.85. The molecular weight excluding hydrogens is 218 g/mol. The van der Waals surface area contributed by atoms with E-state index in [4.69, 9.17) is 4.74 Å². The molecule has 92 valence electrons. The van der Waals surface area contributed by atoms with Gasteiger partial charge in [0, 0.05) is 29.5 Å². The van der Waals surface area contributed by atoms with Crippen LogP contribution in [0.4, 0.5) is 0 Å². The van der Waals surface area contributed by atoms with Gasteiger partial charge in [0.15, 0.2) is 0 Å². The van der Waals surface area contributed by atoms with Gasteiger partial charge >= 0.3 is 0 Å². The van der Waals surface area contributed by atoms with Crippen molar-refractivity contribution in [1.29, 1.82) is 0 Å². The second-order valence-corrected chi connectivity index (χ2v) is 5.92. The average molecular weight is 241 g/mol. The van der Waals surface area contributed by atoms with E-state index in [1.807, 2.05) is 11.3 Å². The van der Waals surface area contributed by atoms with Crippen molar-refractivity contribution < 1.29 is 4.74 Å². The molecule has 2 nitrogen and oxygen atoms in total. The van der Waals surface area contributed by atoms with E-state index in [0.717, 1.165) is 13.0 Å². The van der Waals surface area contributed by atoms with Crippen LogP contribution in [0.5, 0.6) is 0 Å². The fourth-order valence-corrected chi connectivity index (χ4v) is 2.37. The predicted molar refractivity (Wildman–Crippen MR) is 71.2 cm³/mol. The molecule has 1 heterocycles. The summed E-state index contributed by atoms with van der Waals surface area (Å²) in [5.41, 5.74) is -0.0981. The maximum Gasteiger partial charge on any atom is 0.0746 e. The highest BCUT2D eigenvalue weighted by atomic mass is 32.1. The van der Waals surface area contributed by atoms with Gasteiger partial charge in [0.05, 0.1) is 5.60 Å². The molecule has 3 heteroatoms. The van der Waals surface area contributed by atoms with Gasteiger partial charge in [0.1, 0.15) is 0 Å². The number of methoxy groups -OCH3 is 1. The average Bonchev–Trinajstić information content (AvgIpc) is 2.74. The van der Waals surface area contributed by atoms with Gasteiger partial charge in [-0.25, -0.2) is 0 Å². The Morgan fingerprint density at radius 3 is 2.62 bits per heavy atom. The molecule has 1 aromatic heterocycles. The molecule has 0 amide bonds. The van der Waals surface area contributed by atoms with Gasteiger partial charge in [-0.3, -0.25) is 0 Å². The van der Waals surface area contributed by atoms with E-state index in [9.17, 15) is 0 Å². The Morgan fingerprint density at radius 2 is 2.12 bits per heavy atom. The van der Waals surface area contributed by atoms with Crippen LogP contribution in [-0.2, 0) is 11.2 Å². The number of nitrogens with one attached hydrogen (secondary N) is 1. The minimum absolute atomic E-state index is 0.0981. The third-order valence-electron chi connectivity index (χ3n) is 2.84. The summed E-state index contributed by atoms with van der Waals surface area (Å²) < 4.78 is 5.39. The van der Waals surface area contributed by atoms with E-state index >= 15 is 0 Å². The zero-order valence-corrected chi connectivity index (χ0v) is 11.8. The van der Waals surface area contributed by atoms with Crippen LogP contribution in [-0.4, -0.2) is 19.3 Å². The summed E-state index contributed by atoms with van der Waals surface area (Å²) in [4.78, 5) is 2.86. The normalized spacial score (nSPS) is 14.1. The van der Waals surface area contributed by atoms with Crippen LogP contribution in [0.2, 0.25) is 0 Å². The summed E-state index contributed by atoms with van der Waals surface area (Å²) in [7, 11) is 1.76. The van der Waals surface area contributed by atoms with Crippen molar-refractivity contribution in [3.63, 3.8) is 0 Å². The lowest BCUT2D eigenvalue weighted by molar-refractivity contribution is 0.0215. The van der Waals surface area contributed by atoms with Gasteiger partial charge in [0.2, 0.25) is 0 Å². The van der Waals surface area contributed by atoms with E-state index in [1.165, 1.54) is 9.75 Å². The molecule has 1 rings (SSSR count). The topological polar surface area (TPSA) is 21.3 Å². The van der Waals surface area contributed by atoms with Gasteiger partial charge < -0.3 is 10.1 Å². The van der Waals surface area contributed by atoms with Crippen LogP contribution in [0.3, 0.4) is 0 Å². The lowest BCUT2D eigenvalue weighted by Crippen LogP contribution is -2.37. The Bertz CT molecular complexity index is 319. The van der Waals surface area contributed by atoms with Crippen LogP contribution >= 0.6 is 11.3 Å². The Labute approximate surface area is 103 Å². The highest BCUT2D eigenvalue weighted by Crippen LogP contribution is 2.23. The summed E-state index contributed by atoms with van der Waals surface area (Å²) >= 11 is 1.90. The molecule has 16 heavy (non-hydrogen) atoms. The first kappa shape index (κ1) is 13.7. The van der Waals surface area contributed by atoms with Crippen molar-refractivity contribution in [2.45, 2.75) is 45.8 Å². The fourth-order valence-electron chi connectivity index (χ4n) is 1.39. The maximum atomic E-state index is 5.39. The maximum absolute atomic E-state index is 5.39. The van der Waals surface area contributed by atoms with Gasteiger partial charge in [-0.05, 0) is 39.3 Å². The second kappa shape index (κ2) is 5.80. The van der Waals surface area contributed by atoms with Crippen LogP contribution in [0.1, 0.15) is 43.5 Å². The first-order chi connectivity index (χ1) is 7.48. The third-order valence-corrected chi connectivity index (χ3v) is 4.26. The van der Waals surface area contributed by atoms with E-state index in [1.54, 1.807) is 7.11 Å². The molecule has 0 aliphatic heterocycles. The Morgan fingerprint density at radius 1 is 1.44 bits per heavy atom. The largest absolute Gasteiger partial charge is 0.377 e. The Hall–Kier alpha value is -0.380. The minimum atomic E-state index is -0.0981. The number of ether oxygens (including phenoxy) is 1. The Kier molecular flexibility index (Phi) is 4.96. The summed E-state index contributed by atoms with van der Waals surface area (Å²) in [6, 6.07) is 4.85. The lowest BCUT2D eigenvalue weighted by atomic mass is 10.1. The molecular formula is C13H23NOS. The van der Waals surface area contributed by atoms with Crippen molar-refractivity contribution in [3.05, 3.63) is 21.9 Å². The van der Waals surface area contributed by atoms with Gasteiger partial charge in [-0.15, -0.1) is 11.3 Å². The molecule has 0 bridgehead atoms. The SMILES string of the molecule is CCc1ccc(C(C)NCC(C)(C)OC)s1. The van der Waals surface area contributed by atoms with Gasteiger partial charge in [-0.1, -0.05) is 6.92 Å². The van der Waals surface area contributed by atoms with Crippen molar-refractivity contribution in [2.75, 3.05) is 13.7 Å². The molecule has 0 fully saturated rings. The first-order valence-corrected chi connectivity index (χ1v) is 6.67. The molecule has 1 unspecified atom stereocenters. The number of aryl methyl sites for hydroxylation is 1. The molecule has 0 aliphatic carbocycles. The van der Waals surface area contributed by atoms with E-state index in [-0.39, 0.29) is 5.60 Å². The monoisotopic (exact) mass is 241 g/mol. The standard InChI is InChI=1S/C13H23NOS/c1-6-11-7-8-12(16-11)10(2)14-9-13(3,4)15-5/h7-8,10,14H,6,9H2,1-5H3. The molecule has 0 radical (unpaired) electrons. The van der Waals surface area contributed by atoms with E-state index in [0.29, 0.717) is 6.04 Å². The molecule has 1 atom stereocenters. The summed E-state index contributed by atoms with van der Waals surface area (Å²) in [5, 5.41) is 3.51. The molecule has 0 spiro atoms. The van der Waals surface area contributed by atoms with Crippen molar-refractivity contribution >= 4 is 11.3 Å². The fraction of sp³-hybridized carbons (Fsp3) is 0.692. The minimum Gasteiger partial charge on any atom is -0.377 e. The highest BCUT2D eigenvalue weighted by molar-refractivity contribution is 7.12. The van der Waals surface area contributed by atoms with Crippen molar-refractivity contribution in [2.24, 2.45) is 0 Å². The number of rotatable bonds is 6. The molecule has 1 N–H and O–H groups in total. The second-order valence-electron chi connectivity index (χ2n) is 4.72.